The van der Waals surface area contributed by atoms with Crippen LogP contribution in [0.25, 0.3) is 0 Å². The number of aromatic nitrogens is 1. The number of pyridine rings is 1. The van der Waals surface area contributed by atoms with Gasteiger partial charge < -0.3 is 15.4 Å². The summed E-state index contributed by atoms with van der Waals surface area (Å²) in [6.07, 6.45) is 3.35. The number of carbonyl (C=O) groups excluding carboxylic acids is 1. The molecule has 0 fully saturated rings. The molecule has 0 aliphatic heterocycles. The van der Waals surface area contributed by atoms with Gasteiger partial charge in [0.25, 0.3) is 0 Å². The maximum Gasteiger partial charge on any atom is 0.319 e. The first-order valence-electron chi connectivity index (χ1n) is 5.96. The van der Waals surface area contributed by atoms with Crippen molar-refractivity contribution >= 4 is 23.3 Å². The van der Waals surface area contributed by atoms with Gasteiger partial charge in [0.05, 0.1) is 12.8 Å². The van der Waals surface area contributed by atoms with Crippen LogP contribution in [-0.2, 0) is 6.54 Å². The smallest absolute Gasteiger partial charge is 0.319 e. The number of urea groups is 1. The van der Waals surface area contributed by atoms with Gasteiger partial charge in [0.15, 0.2) is 0 Å². The summed E-state index contributed by atoms with van der Waals surface area (Å²) in [5, 5.41) is 5.96. The molecule has 0 aliphatic rings. The Morgan fingerprint density at radius 3 is 2.75 bits per heavy atom. The first-order valence-corrected chi connectivity index (χ1v) is 6.34. The molecule has 0 radical (unpaired) electrons. The number of nitrogens with one attached hydrogen (secondary N) is 2. The van der Waals surface area contributed by atoms with Gasteiger partial charge in [-0.3, -0.25) is 4.98 Å². The summed E-state index contributed by atoms with van der Waals surface area (Å²) < 4.78 is 5.15. The molecule has 1 heterocycles. The minimum atomic E-state index is -0.331. The van der Waals surface area contributed by atoms with Crippen molar-refractivity contribution in [2.45, 2.75) is 6.54 Å². The monoisotopic (exact) mass is 291 g/mol. The number of amides is 2. The highest BCUT2D eigenvalue weighted by molar-refractivity contribution is 6.31. The summed E-state index contributed by atoms with van der Waals surface area (Å²) in [6.45, 7) is 0.414. The van der Waals surface area contributed by atoms with E-state index in [1.54, 1.807) is 30.6 Å². The number of nitrogens with zero attached hydrogens (tertiary/aromatic N) is 1. The first-order chi connectivity index (χ1) is 9.69. The third-order valence-corrected chi connectivity index (χ3v) is 2.85. The minimum absolute atomic E-state index is 0.331. The average molecular weight is 292 g/mol. The third-order valence-electron chi connectivity index (χ3n) is 2.61. The first kappa shape index (κ1) is 14.1. The molecule has 0 spiro atoms. The molecule has 1 aromatic heterocycles. The lowest BCUT2D eigenvalue weighted by atomic mass is 10.3. The summed E-state index contributed by atoms with van der Waals surface area (Å²) in [7, 11) is 1.53. The number of halogens is 1. The van der Waals surface area contributed by atoms with E-state index in [4.69, 9.17) is 16.3 Å². The quantitative estimate of drug-likeness (QED) is 0.910. The Bertz CT molecular complexity index is 590. The highest BCUT2D eigenvalue weighted by Gasteiger charge is 2.07. The Hall–Kier alpha value is -2.27. The Balaban J connectivity index is 1.96. The standard InChI is InChI=1S/C14H14ClN3O2/c1-20-13-3-2-11(15)8-12(13)18-14(19)17-9-10-4-6-16-7-5-10/h2-8H,9H2,1H3,(H2,17,18,19). The zero-order chi connectivity index (χ0) is 14.4. The SMILES string of the molecule is COc1ccc(Cl)cc1NC(=O)NCc1ccncc1. The number of benzene rings is 1. The van der Waals surface area contributed by atoms with E-state index in [-0.39, 0.29) is 6.03 Å². The van der Waals surface area contributed by atoms with Gasteiger partial charge in [-0.15, -0.1) is 0 Å². The van der Waals surface area contributed by atoms with Gasteiger partial charge in [-0.2, -0.15) is 0 Å². The molecule has 2 amide bonds. The zero-order valence-corrected chi connectivity index (χ0v) is 11.6. The Morgan fingerprint density at radius 2 is 2.05 bits per heavy atom. The number of methoxy groups -OCH3 is 1. The third kappa shape index (κ3) is 3.86. The van der Waals surface area contributed by atoms with Gasteiger partial charge in [0.1, 0.15) is 5.75 Å². The average Bonchev–Trinajstić information content (AvgIpc) is 2.46. The number of ether oxygens (including phenoxy) is 1. The maximum absolute atomic E-state index is 11.8. The van der Waals surface area contributed by atoms with Crippen LogP contribution in [0.4, 0.5) is 10.5 Å². The van der Waals surface area contributed by atoms with Gasteiger partial charge in [-0.05, 0) is 35.9 Å². The van der Waals surface area contributed by atoms with Crippen molar-refractivity contribution in [2.24, 2.45) is 0 Å². The normalized spacial score (nSPS) is 9.90. The van der Waals surface area contributed by atoms with Crippen molar-refractivity contribution in [3.05, 3.63) is 53.3 Å². The lowest BCUT2D eigenvalue weighted by Crippen LogP contribution is -2.28. The second-order valence-corrected chi connectivity index (χ2v) is 4.44. The van der Waals surface area contributed by atoms with Crippen LogP contribution in [-0.4, -0.2) is 18.1 Å². The highest BCUT2D eigenvalue weighted by Crippen LogP contribution is 2.27. The molecule has 2 rings (SSSR count). The number of rotatable bonds is 4. The van der Waals surface area contributed by atoms with Crippen LogP contribution in [0.1, 0.15) is 5.56 Å². The maximum atomic E-state index is 11.8. The van der Waals surface area contributed by atoms with E-state index in [1.165, 1.54) is 7.11 Å². The van der Waals surface area contributed by atoms with Crippen LogP contribution in [0.15, 0.2) is 42.7 Å². The van der Waals surface area contributed by atoms with Crippen LogP contribution in [0, 0.1) is 0 Å². The second kappa shape index (κ2) is 6.77. The van der Waals surface area contributed by atoms with Crippen molar-refractivity contribution in [3.8, 4) is 5.75 Å². The summed E-state index contributed by atoms with van der Waals surface area (Å²) in [5.74, 6) is 0.550. The molecule has 0 unspecified atom stereocenters. The van der Waals surface area contributed by atoms with E-state index in [9.17, 15) is 4.79 Å². The van der Waals surface area contributed by atoms with Crippen molar-refractivity contribution in [1.82, 2.24) is 10.3 Å². The van der Waals surface area contributed by atoms with Crippen molar-refractivity contribution < 1.29 is 9.53 Å². The predicted molar refractivity (Wildman–Crippen MR) is 78.1 cm³/mol. The van der Waals surface area contributed by atoms with Gasteiger partial charge in [0.2, 0.25) is 0 Å². The number of anilines is 1. The molecule has 20 heavy (non-hydrogen) atoms. The van der Waals surface area contributed by atoms with E-state index >= 15 is 0 Å². The summed E-state index contributed by atoms with van der Waals surface area (Å²) in [4.78, 5) is 15.7. The predicted octanol–water partition coefficient (Wildman–Crippen LogP) is 3.07. The van der Waals surface area contributed by atoms with Crippen LogP contribution in [0.3, 0.4) is 0 Å². The van der Waals surface area contributed by atoms with Gasteiger partial charge >= 0.3 is 6.03 Å². The second-order valence-electron chi connectivity index (χ2n) is 4.01. The lowest BCUT2D eigenvalue weighted by Gasteiger charge is -2.11. The van der Waals surface area contributed by atoms with Gasteiger partial charge in [0, 0.05) is 24.0 Å². The van der Waals surface area contributed by atoms with Crippen LogP contribution in [0.5, 0.6) is 5.75 Å². The van der Waals surface area contributed by atoms with Gasteiger partial charge in [-0.1, -0.05) is 11.6 Å². The number of hydrogen-bond acceptors (Lipinski definition) is 3. The van der Waals surface area contributed by atoms with Crippen LogP contribution >= 0.6 is 11.6 Å². The molecule has 2 aromatic rings. The van der Waals surface area contributed by atoms with E-state index in [0.29, 0.717) is 23.0 Å². The zero-order valence-electron chi connectivity index (χ0n) is 10.9. The van der Waals surface area contributed by atoms with E-state index < -0.39 is 0 Å². The van der Waals surface area contributed by atoms with Crippen molar-refractivity contribution in [1.29, 1.82) is 0 Å². The molecule has 6 heteroatoms. The molecule has 0 saturated heterocycles. The fourth-order valence-corrected chi connectivity index (χ4v) is 1.80. The highest BCUT2D eigenvalue weighted by atomic mass is 35.5. The molecule has 2 N–H and O–H groups in total. The molecule has 0 saturated carbocycles. The van der Waals surface area contributed by atoms with E-state index in [2.05, 4.69) is 15.6 Å². The summed E-state index contributed by atoms with van der Waals surface area (Å²) in [6, 6.07) is 8.36. The number of carbonyl (C=O) groups is 1. The van der Waals surface area contributed by atoms with Crippen molar-refractivity contribution in [2.75, 3.05) is 12.4 Å². The summed E-state index contributed by atoms with van der Waals surface area (Å²) in [5.41, 5.74) is 1.49. The molecular formula is C14H14ClN3O2. The topological polar surface area (TPSA) is 63.2 Å². The molecule has 0 atom stereocenters. The Morgan fingerprint density at radius 1 is 1.30 bits per heavy atom. The van der Waals surface area contributed by atoms with E-state index in [1.807, 2.05) is 12.1 Å². The molecule has 104 valence electrons. The summed E-state index contributed by atoms with van der Waals surface area (Å²) >= 11 is 5.90. The largest absolute Gasteiger partial charge is 0.495 e. The lowest BCUT2D eigenvalue weighted by molar-refractivity contribution is 0.251. The fraction of sp³-hybridized carbons (Fsp3) is 0.143. The van der Waals surface area contributed by atoms with E-state index in [0.717, 1.165) is 5.56 Å². The van der Waals surface area contributed by atoms with Crippen molar-refractivity contribution in [3.63, 3.8) is 0 Å². The van der Waals surface area contributed by atoms with Crippen LogP contribution < -0.4 is 15.4 Å². The van der Waals surface area contributed by atoms with Crippen LogP contribution in [0.2, 0.25) is 5.02 Å². The fourth-order valence-electron chi connectivity index (χ4n) is 1.63. The Labute approximate surface area is 121 Å². The molecule has 1 aromatic carbocycles. The molecular weight excluding hydrogens is 278 g/mol. The molecule has 5 nitrogen and oxygen atoms in total. The Kier molecular flexibility index (Phi) is 4.79. The minimum Gasteiger partial charge on any atom is -0.495 e. The molecule has 0 aliphatic carbocycles. The molecule has 0 bridgehead atoms. The van der Waals surface area contributed by atoms with Gasteiger partial charge in [-0.25, -0.2) is 4.79 Å². The number of hydrogen-bond donors (Lipinski definition) is 2.